The summed E-state index contributed by atoms with van der Waals surface area (Å²) in [5.41, 5.74) is -0.757. The number of nitrogens with zero attached hydrogens (tertiary/aromatic N) is 4. The quantitative estimate of drug-likeness (QED) is 0.796. The van der Waals surface area contributed by atoms with Gasteiger partial charge in [0.05, 0.1) is 6.33 Å². The molecule has 2 aromatic heterocycles. The maximum Gasteiger partial charge on any atom is 0.332 e. The van der Waals surface area contributed by atoms with Gasteiger partial charge >= 0.3 is 5.69 Å². The molecule has 2 aromatic rings. The molecule has 8 nitrogen and oxygen atoms in total. The zero-order valence-corrected chi connectivity index (χ0v) is 12.8. The summed E-state index contributed by atoms with van der Waals surface area (Å²) in [6.07, 6.45) is 1.40. The van der Waals surface area contributed by atoms with Crippen LogP contribution in [0, 0.1) is 0 Å². The molecule has 0 radical (unpaired) electrons. The SMILES string of the molecule is Cn1c(=O)c2c(ncn2CC(=O)NC(C)(C)C)n(C)c1=O. The first-order valence-electron chi connectivity index (χ1n) is 6.53. The van der Waals surface area contributed by atoms with E-state index in [4.69, 9.17) is 0 Å². The van der Waals surface area contributed by atoms with Crippen LogP contribution in [-0.4, -0.2) is 30.1 Å². The zero-order valence-electron chi connectivity index (χ0n) is 12.8. The number of hydrogen-bond donors (Lipinski definition) is 1. The monoisotopic (exact) mass is 293 g/mol. The zero-order chi connectivity index (χ0) is 15.9. The first-order chi connectivity index (χ1) is 9.61. The fourth-order valence-corrected chi connectivity index (χ4v) is 2.13. The maximum absolute atomic E-state index is 12.2. The van der Waals surface area contributed by atoms with Gasteiger partial charge in [0.15, 0.2) is 11.2 Å². The number of hydrogen-bond acceptors (Lipinski definition) is 4. The third-order valence-corrected chi connectivity index (χ3v) is 3.05. The molecule has 21 heavy (non-hydrogen) atoms. The molecule has 0 saturated carbocycles. The molecule has 0 unspecified atom stereocenters. The minimum absolute atomic E-state index is 0.0266. The third kappa shape index (κ3) is 2.74. The van der Waals surface area contributed by atoms with Crippen molar-refractivity contribution >= 4 is 17.1 Å². The lowest BCUT2D eigenvalue weighted by molar-refractivity contribution is -0.123. The summed E-state index contributed by atoms with van der Waals surface area (Å²) in [5.74, 6) is -0.224. The van der Waals surface area contributed by atoms with Crippen LogP contribution in [0.4, 0.5) is 0 Å². The summed E-state index contributed by atoms with van der Waals surface area (Å²) in [5, 5.41) is 2.82. The lowest BCUT2D eigenvalue weighted by Gasteiger charge is -2.20. The van der Waals surface area contributed by atoms with Crippen LogP contribution < -0.4 is 16.6 Å². The molecule has 0 aliphatic heterocycles. The van der Waals surface area contributed by atoms with Crippen molar-refractivity contribution < 1.29 is 4.79 Å². The topological polar surface area (TPSA) is 90.9 Å². The van der Waals surface area contributed by atoms with E-state index in [2.05, 4.69) is 10.3 Å². The molecule has 0 saturated heterocycles. The second-order valence-electron chi connectivity index (χ2n) is 6.05. The van der Waals surface area contributed by atoms with E-state index >= 15 is 0 Å². The Morgan fingerprint density at radius 3 is 2.43 bits per heavy atom. The highest BCUT2D eigenvalue weighted by molar-refractivity contribution is 5.79. The van der Waals surface area contributed by atoms with Gasteiger partial charge in [0.1, 0.15) is 6.54 Å². The second kappa shape index (κ2) is 4.87. The highest BCUT2D eigenvalue weighted by atomic mass is 16.2. The highest BCUT2D eigenvalue weighted by Gasteiger charge is 2.18. The summed E-state index contributed by atoms with van der Waals surface area (Å²) in [6, 6.07) is 0. The Hall–Kier alpha value is -2.38. The molecular weight excluding hydrogens is 274 g/mol. The Morgan fingerprint density at radius 2 is 1.86 bits per heavy atom. The number of amides is 1. The predicted octanol–water partition coefficient (Wildman–Crippen LogP) is -0.652. The summed E-state index contributed by atoms with van der Waals surface area (Å²) >= 11 is 0. The van der Waals surface area contributed by atoms with E-state index in [-0.39, 0.29) is 29.2 Å². The van der Waals surface area contributed by atoms with Crippen LogP contribution in [0.5, 0.6) is 0 Å². The van der Waals surface area contributed by atoms with Crippen LogP contribution >= 0.6 is 0 Å². The van der Waals surface area contributed by atoms with Gasteiger partial charge in [-0.3, -0.25) is 18.7 Å². The van der Waals surface area contributed by atoms with Gasteiger partial charge < -0.3 is 9.88 Å². The number of aryl methyl sites for hydroxylation is 1. The van der Waals surface area contributed by atoms with Crippen LogP contribution in [0.2, 0.25) is 0 Å². The molecule has 0 aliphatic carbocycles. The van der Waals surface area contributed by atoms with Gasteiger partial charge in [-0.25, -0.2) is 9.78 Å². The molecule has 8 heteroatoms. The largest absolute Gasteiger partial charge is 0.350 e. The van der Waals surface area contributed by atoms with Gasteiger partial charge in [0.2, 0.25) is 5.91 Å². The maximum atomic E-state index is 12.2. The van der Waals surface area contributed by atoms with Crippen molar-refractivity contribution in [2.24, 2.45) is 14.1 Å². The Kier molecular flexibility index (Phi) is 3.48. The van der Waals surface area contributed by atoms with Crippen LogP contribution in [0.15, 0.2) is 15.9 Å². The van der Waals surface area contributed by atoms with Gasteiger partial charge in [-0.15, -0.1) is 0 Å². The van der Waals surface area contributed by atoms with Crippen molar-refractivity contribution in [3.8, 4) is 0 Å². The Labute approximate surface area is 121 Å². The van der Waals surface area contributed by atoms with Gasteiger partial charge in [-0.1, -0.05) is 0 Å². The van der Waals surface area contributed by atoms with Gasteiger partial charge in [-0.2, -0.15) is 0 Å². The normalized spacial score (nSPS) is 11.9. The predicted molar refractivity (Wildman–Crippen MR) is 78.1 cm³/mol. The van der Waals surface area contributed by atoms with E-state index in [1.54, 1.807) is 0 Å². The fraction of sp³-hybridized carbons (Fsp3) is 0.538. The van der Waals surface area contributed by atoms with Crippen LogP contribution in [-0.2, 0) is 25.4 Å². The number of carbonyl (C=O) groups excluding carboxylic acids is 1. The van der Waals surface area contributed by atoms with Crippen molar-refractivity contribution in [2.45, 2.75) is 32.9 Å². The molecule has 114 valence electrons. The molecule has 0 fully saturated rings. The highest BCUT2D eigenvalue weighted by Crippen LogP contribution is 2.06. The molecule has 0 aliphatic rings. The fourth-order valence-electron chi connectivity index (χ4n) is 2.13. The lowest BCUT2D eigenvalue weighted by Crippen LogP contribution is -2.42. The summed E-state index contributed by atoms with van der Waals surface area (Å²) in [4.78, 5) is 40.1. The smallest absolute Gasteiger partial charge is 0.332 e. The summed E-state index contributed by atoms with van der Waals surface area (Å²) in [6.45, 7) is 5.60. The van der Waals surface area contributed by atoms with E-state index in [1.165, 1.54) is 29.6 Å². The number of rotatable bonds is 2. The van der Waals surface area contributed by atoms with Crippen LogP contribution in [0.25, 0.3) is 11.2 Å². The molecule has 0 aromatic carbocycles. The molecule has 2 heterocycles. The number of fused-ring (bicyclic) bond motifs is 1. The second-order valence-corrected chi connectivity index (χ2v) is 6.05. The summed E-state index contributed by atoms with van der Waals surface area (Å²) < 4.78 is 3.75. The molecule has 1 N–H and O–H groups in total. The third-order valence-electron chi connectivity index (χ3n) is 3.05. The standard InChI is InChI=1S/C13H19N5O3/c1-13(2,3)15-8(19)6-18-7-14-10-9(18)11(20)17(5)12(21)16(10)4/h7H,6H2,1-5H3,(H,15,19). The van der Waals surface area contributed by atoms with E-state index in [0.717, 1.165) is 4.57 Å². The molecule has 1 amide bonds. The number of imidazole rings is 1. The number of carbonyl (C=O) groups is 1. The average Bonchev–Trinajstić information content (AvgIpc) is 2.75. The minimum atomic E-state index is -0.464. The Morgan fingerprint density at radius 1 is 1.24 bits per heavy atom. The minimum Gasteiger partial charge on any atom is -0.350 e. The molecular formula is C13H19N5O3. The van der Waals surface area contributed by atoms with Crippen molar-refractivity contribution in [1.82, 2.24) is 24.0 Å². The van der Waals surface area contributed by atoms with Crippen molar-refractivity contribution in [2.75, 3.05) is 0 Å². The van der Waals surface area contributed by atoms with Gasteiger partial charge in [0.25, 0.3) is 5.56 Å². The number of nitrogens with one attached hydrogen (secondary N) is 1. The first kappa shape index (κ1) is 15.0. The summed E-state index contributed by atoms with van der Waals surface area (Å²) in [7, 11) is 2.94. The lowest BCUT2D eigenvalue weighted by atomic mass is 10.1. The molecule has 0 spiro atoms. The number of aromatic nitrogens is 4. The van der Waals surface area contributed by atoms with Crippen molar-refractivity contribution in [3.05, 3.63) is 27.2 Å². The van der Waals surface area contributed by atoms with E-state index in [0.29, 0.717) is 0 Å². The van der Waals surface area contributed by atoms with Crippen molar-refractivity contribution in [3.63, 3.8) is 0 Å². The van der Waals surface area contributed by atoms with E-state index < -0.39 is 11.2 Å². The molecule has 0 bridgehead atoms. The average molecular weight is 293 g/mol. The molecule has 2 rings (SSSR count). The van der Waals surface area contributed by atoms with E-state index in [1.807, 2.05) is 20.8 Å². The van der Waals surface area contributed by atoms with Crippen LogP contribution in [0.3, 0.4) is 0 Å². The van der Waals surface area contributed by atoms with E-state index in [9.17, 15) is 14.4 Å². The Bertz CT molecular complexity index is 819. The van der Waals surface area contributed by atoms with Crippen molar-refractivity contribution in [1.29, 1.82) is 0 Å². The Balaban J connectivity index is 2.51. The van der Waals surface area contributed by atoms with Crippen LogP contribution in [0.1, 0.15) is 20.8 Å². The van der Waals surface area contributed by atoms with Gasteiger partial charge in [0, 0.05) is 19.6 Å². The van der Waals surface area contributed by atoms with Gasteiger partial charge in [-0.05, 0) is 20.8 Å². The molecule has 0 atom stereocenters. The first-order valence-corrected chi connectivity index (χ1v) is 6.53.